The second-order valence-corrected chi connectivity index (χ2v) is 11.6. The van der Waals surface area contributed by atoms with Gasteiger partial charge in [0.15, 0.2) is 0 Å². The molecule has 4 heterocycles. The molecule has 0 fully saturated rings. The van der Waals surface area contributed by atoms with Crippen LogP contribution >= 0.6 is 12.4 Å². The minimum Gasteiger partial charge on any atom is -0.355 e. The maximum absolute atomic E-state index is 13.3. The lowest BCUT2D eigenvalue weighted by Gasteiger charge is -2.18. The van der Waals surface area contributed by atoms with Crippen molar-refractivity contribution in [2.45, 2.75) is 6.42 Å². The van der Waals surface area contributed by atoms with Crippen LogP contribution in [-0.2, 0) is 0 Å². The summed E-state index contributed by atoms with van der Waals surface area (Å²) in [7, 11) is 11.5. The second-order valence-electron chi connectivity index (χ2n) is 11.6. The summed E-state index contributed by atoms with van der Waals surface area (Å²) < 4.78 is 0. The van der Waals surface area contributed by atoms with Crippen molar-refractivity contribution in [2.75, 3.05) is 82.4 Å². The molecule has 0 aromatic carbocycles. The smallest absolute Gasteiger partial charge is 0.344 e. The molecule has 50 heavy (non-hydrogen) atoms. The van der Waals surface area contributed by atoms with Gasteiger partial charge in [0, 0.05) is 66.6 Å². The molecule has 0 aliphatic carbocycles. The van der Waals surface area contributed by atoms with Crippen molar-refractivity contribution >= 4 is 64.8 Å². The van der Waals surface area contributed by atoms with Gasteiger partial charge in [0.05, 0.1) is 28.0 Å². The summed E-state index contributed by atoms with van der Waals surface area (Å²) in [6, 6.07) is 5.28. The lowest BCUT2D eigenvalue weighted by atomic mass is 10.3. The number of aromatic nitrogens is 4. The van der Waals surface area contributed by atoms with Gasteiger partial charge in [-0.1, -0.05) is 0 Å². The highest BCUT2D eigenvalue weighted by molar-refractivity contribution is 6.10. The zero-order valence-corrected chi connectivity index (χ0v) is 29.5. The highest BCUT2D eigenvalue weighted by atomic mass is 35.5. The van der Waals surface area contributed by atoms with Crippen molar-refractivity contribution in [3.8, 4) is 0 Å². The van der Waals surface area contributed by atoms with Crippen molar-refractivity contribution in [2.24, 2.45) is 5.29 Å². The average Bonchev–Trinajstić information content (AvgIpc) is 3.92. The molecule has 0 atom stereocenters. The van der Waals surface area contributed by atoms with Crippen LogP contribution in [0.3, 0.4) is 0 Å². The van der Waals surface area contributed by atoms with E-state index in [9.17, 15) is 28.9 Å². The van der Waals surface area contributed by atoms with E-state index in [1.807, 2.05) is 14.1 Å². The number of carbonyl (C=O) groups excluding carboxylic acids is 5. The minimum absolute atomic E-state index is 0. The largest absolute Gasteiger partial charge is 0.355 e. The van der Waals surface area contributed by atoms with Crippen LogP contribution in [0.1, 0.15) is 48.4 Å². The molecule has 0 aliphatic rings. The molecule has 0 bridgehead atoms. The number of hydrogen-bond acceptors (Lipinski definition) is 8. The van der Waals surface area contributed by atoms with Crippen molar-refractivity contribution in [3.05, 3.63) is 76.7 Å². The Balaban J connectivity index is 0.00000676. The van der Waals surface area contributed by atoms with E-state index in [-0.39, 0.29) is 47.0 Å². The van der Waals surface area contributed by atoms with Gasteiger partial charge in [0.25, 0.3) is 23.6 Å². The van der Waals surface area contributed by atoms with Crippen molar-refractivity contribution in [1.82, 2.24) is 34.7 Å². The number of nitrogens with one attached hydrogen (secondary N) is 5. The predicted molar refractivity (Wildman–Crippen MR) is 191 cm³/mol. The van der Waals surface area contributed by atoms with Crippen molar-refractivity contribution in [1.29, 1.82) is 0 Å². The fourth-order valence-electron chi connectivity index (χ4n) is 4.76. The van der Waals surface area contributed by atoms with E-state index in [4.69, 9.17) is 0 Å². The number of anilines is 4. The van der Waals surface area contributed by atoms with Gasteiger partial charge in [-0.25, -0.2) is 4.79 Å². The number of rotatable bonds is 13. The first-order valence-electron chi connectivity index (χ1n) is 15.1. The number of nitrogens with zero attached hydrogens (tertiary/aromatic N) is 7. The number of H-pyrrole nitrogens is 4. The van der Waals surface area contributed by atoms with Crippen LogP contribution in [-0.4, -0.2) is 127 Å². The third kappa shape index (κ3) is 8.77. The van der Waals surface area contributed by atoms with Crippen LogP contribution in [0, 0.1) is 4.91 Å². The molecule has 0 unspecified atom stereocenters. The number of nitroso groups, excluding NO2 is 1. The minimum atomic E-state index is -0.775. The molecule has 19 heteroatoms. The first kappa shape index (κ1) is 38.6. The molecule has 0 saturated heterocycles. The number of urea groups is 1. The van der Waals surface area contributed by atoms with E-state index in [0.29, 0.717) is 34.3 Å². The average molecular weight is 713 g/mol. The molecule has 4 aromatic heterocycles. The number of amides is 6. The molecule has 268 valence electrons. The maximum atomic E-state index is 13.3. The summed E-state index contributed by atoms with van der Waals surface area (Å²) in [4.78, 5) is 94.1. The Hall–Kier alpha value is -5.88. The lowest BCUT2D eigenvalue weighted by molar-refractivity contribution is 0.0784. The van der Waals surface area contributed by atoms with E-state index < -0.39 is 17.8 Å². The molecular weight excluding hydrogens is 672 g/mol. The Kier molecular flexibility index (Phi) is 12.7. The number of hydrogen-bond donors (Lipinski definition) is 5. The maximum Gasteiger partial charge on any atom is 0.344 e. The number of carbonyl (C=O) groups is 5. The molecule has 4 rings (SSSR count). The van der Waals surface area contributed by atoms with Gasteiger partial charge in [-0.3, -0.25) is 19.2 Å². The molecule has 18 nitrogen and oxygen atoms in total. The Morgan fingerprint density at radius 1 is 0.600 bits per heavy atom. The molecule has 0 spiro atoms. The van der Waals surface area contributed by atoms with Gasteiger partial charge in [-0.2, -0.15) is 5.01 Å². The van der Waals surface area contributed by atoms with Crippen molar-refractivity contribution in [3.63, 3.8) is 0 Å². The highest BCUT2D eigenvalue weighted by Crippen LogP contribution is 2.24. The zero-order chi connectivity index (χ0) is 36.0. The van der Waals surface area contributed by atoms with E-state index in [0.717, 1.165) is 13.0 Å². The second kappa shape index (κ2) is 16.5. The topological polar surface area (TPSA) is 209 Å². The van der Waals surface area contributed by atoms with Crippen molar-refractivity contribution < 1.29 is 24.0 Å². The predicted octanol–water partition coefficient (Wildman–Crippen LogP) is 3.42. The molecule has 5 N–H and O–H groups in total. The van der Waals surface area contributed by atoms with Gasteiger partial charge in [0.1, 0.15) is 22.8 Å². The molecule has 0 radical (unpaired) electrons. The summed E-state index contributed by atoms with van der Waals surface area (Å²) in [5.41, 5.74) is 2.47. The fraction of sp³-hybridized carbons (Fsp3) is 0.323. The monoisotopic (exact) mass is 712 g/mol. The first-order chi connectivity index (χ1) is 23.2. The van der Waals surface area contributed by atoms with Gasteiger partial charge >= 0.3 is 6.03 Å². The van der Waals surface area contributed by atoms with Gasteiger partial charge < -0.3 is 49.8 Å². The molecular formula is C31H41ClN12O6. The lowest BCUT2D eigenvalue weighted by Crippen LogP contribution is -2.30. The van der Waals surface area contributed by atoms with Gasteiger partial charge in [-0.05, 0) is 51.3 Å². The SMILES string of the molecule is CN(C)CCCN(C)C(=O)c1cc(N(C)C(=O)c2cc(N(C)C(=O)c3cc(N(C)C(=O)c4cc(NC(=O)N(C)N=O)c[nH]4)c[nH]3)c[nH]2)c[nH]1.Cl. The van der Waals surface area contributed by atoms with E-state index in [2.05, 4.69) is 35.4 Å². The normalized spacial score (nSPS) is 10.6. The Labute approximate surface area is 294 Å². The molecule has 6 amide bonds. The summed E-state index contributed by atoms with van der Waals surface area (Å²) in [5.74, 6) is -1.46. The third-order valence-electron chi connectivity index (χ3n) is 7.80. The summed E-state index contributed by atoms with van der Waals surface area (Å²) in [6.07, 6.45) is 6.82. The van der Waals surface area contributed by atoms with E-state index in [1.54, 1.807) is 38.3 Å². The van der Waals surface area contributed by atoms with Gasteiger partial charge in [0.2, 0.25) is 0 Å². The Morgan fingerprint density at radius 2 is 1.00 bits per heavy atom. The van der Waals surface area contributed by atoms with Gasteiger partial charge in [-0.15, -0.1) is 17.3 Å². The fourth-order valence-corrected chi connectivity index (χ4v) is 4.76. The standard InChI is InChI=1S/C31H40N12O6.ClH/c1-38(2)9-8-10-39(3)27(44)24-12-20(16-33-24)41(5)29(46)26-14-22(18-35-26)42(6)30(47)25-13-21(17-34-25)40(4)28(45)23-11-19(15-32-23)36-31(48)43(7)37-49;/h11-18,32-35H,8-10H2,1-7H3,(H,36,48);1H. The highest BCUT2D eigenvalue weighted by Gasteiger charge is 2.24. The number of halogens is 1. The number of aromatic amines is 4. The summed E-state index contributed by atoms with van der Waals surface area (Å²) in [6.45, 7) is 1.45. The molecule has 0 saturated carbocycles. The van der Waals surface area contributed by atoms with Crippen LogP contribution in [0.2, 0.25) is 0 Å². The molecule has 4 aromatic rings. The summed E-state index contributed by atoms with van der Waals surface area (Å²) in [5, 5.41) is 5.50. The van der Waals surface area contributed by atoms with Crippen LogP contribution < -0.4 is 20.0 Å². The zero-order valence-electron chi connectivity index (χ0n) is 28.7. The first-order valence-corrected chi connectivity index (χ1v) is 15.1. The van der Waals surface area contributed by atoms with Crippen LogP contribution in [0.5, 0.6) is 0 Å². The Morgan fingerprint density at radius 3 is 1.42 bits per heavy atom. The Bertz CT molecular complexity index is 1840. The quantitative estimate of drug-likeness (QED) is 0.103. The summed E-state index contributed by atoms with van der Waals surface area (Å²) >= 11 is 0. The van der Waals surface area contributed by atoms with Crippen LogP contribution in [0.25, 0.3) is 0 Å². The van der Waals surface area contributed by atoms with Crippen LogP contribution in [0.15, 0.2) is 54.3 Å². The van der Waals surface area contributed by atoms with E-state index in [1.165, 1.54) is 65.6 Å². The van der Waals surface area contributed by atoms with E-state index >= 15 is 0 Å². The molecule has 0 aliphatic heterocycles. The van der Waals surface area contributed by atoms with Crippen LogP contribution in [0.4, 0.5) is 27.5 Å². The third-order valence-corrected chi connectivity index (χ3v) is 7.80.